The molecular formula is C13H28O7. The molecule has 0 spiro atoms. The second-order valence-corrected chi connectivity index (χ2v) is 4.35. The summed E-state index contributed by atoms with van der Waals surface area (Å²) in [4.78, 5) is 11.0. The molecule has 0 bridgehead atoms. The van der Waals surface area contributed by atoms with Crippen LogP contribution < -0.4 is 0 Å². The first-order valence-corrected chi connectivity index (χ1v) is 6.86. The van der Waals surface area contributed by atoms with Gasteiger partial charge in [0.15, 0.2) is 0 Å². The molecule has 0 amide bonds. The lowest BCUT2D eigenvalue weighted by atomic mass is 10.2. The van der Waals surface area contributed by atoms with E-state index in [1.807, 2.05) is 0 Å². The summed E-state index contributed by atoms with van der Waals surface area (Å²) >= 11 is 0. The summed E-state index contributed by atoms with van der Waals surface area (Å²) < 4.78 is 4.73. The average Bonchev–Trinajstić information content (AvgIpc) is 2.48. The minimum Gasteiger partial charge on any atom is -0.463 e. The van der Waals surface area contributed by atoms with Gasteiger partial charge in [-0.3, -0.25) is 4.79 Å². The fourth-order valence-corrected chi connectivity index (χ4v) is 1.07. The lowest BCUT2D eigenvalue weighted by Gasteiger charge is -2.07. The van der Waals surface area contributed by atoms with Crippen molar-refractivity contribution in [1.82, 2.24) is 0 Å². The zero-order valence-corrected chi connectivity index (χ0v) is 12.1. The quantitative estimate of drug-likeness (QED) is 0.263. The molecule has 1 unspecified atom stereocenters. The number of carbonyl (C=O) groups excluding carboxylic acids is 1. The van der Waals surface area contributed by atoms with Gasteiger partial charge in [-0.2, -0.15) is 0 Å². The molecule has 0 aliphatic heterocycles. The third-order valence-electron chi connectivity index (χ3n) is 2.30. The number of hydrogen-bond acceptors (Lipinski definition) is 7. The van der Waals surface area contributed by atoms with E-state index in [0.717, 1.165) is 25.7 Å². The first-order valence-electron chi connectivity index (χ1n) is 6.86. The van der Waals surface area contributed by atoms with Gasteiger partial charge in [0.1, 0.15) is 18.8 Å². The van der Waals surface area contributed by atoms with Crippen LogP contribution in [0.1, 0.15) is 39.0 Å². The van der Waals surface area contributed by atoms with Crippen molar-refractivity contribution in [2.24, 2.45) is 0 Å². The summed E-state index contributed by atoms with van der Waals surface area (Å²) in [6.07, 6.45) is 2.64. The Morgan fingerprint density at radius 3 is 1.90 bits per heavy atom. The van der Waals surface area contributed by atoms with E-state index < -0.39 is 12.2 Å². The molecule has 0 fully saturated rings. The van der Waals surface area contributed by atoms with Crippen LogP contribution in [0.15, 0.2) is 0 Å². The van der Waals surface area contributed by atoms with Crippen molar-refractivity contribution in [3.63, 3.8) is 0 Å². The molecule has 0 aliphatic carbocycles. The predicted octanol–water partition coefficient (Wildman–Crippen LogP) is -0.815. The fourth-order valence-electron chi connectivity index (χ4n) is 1.07. The monoisotopic (exact) mass is 296 g/mol. The number of rotatable bonds is 10. The van der Waals surface area contributed by atoms with Gasteiger partial charge in [0, 0.05) is 6.42 Å². The van der Waals surface area contributed by atoms with E-state index in [0.29, 0.717) is 6.42 Å². The van der Waals surface area contributed by atoms with Crippen molar-refractivity contribution in [3.05, 3.63) is 0 Å². The molecule has 5 N–H and O–H groups in total. The van der Waals surface area contributed by atoms with Crippen molar-refractivity contribution in [3.8, 4) is 0 Å². The Kier molecular flexibility index (Phi) is 17.6. The smallest absolute Gasteiger partial charge is 0.305 e. The summed E-state index contributed by atoms with van der Waals surface area (Å²) in [6, 6.07) is 0. The topological polar surface area (TPSA) is 127 Å². The summed E-state index contributed by atoms with van der Waals surface area (Å²) in [5, 5.41) is 41.4. The zero-order chi connectivity index (χ0) is 15.8. The molecule has 7 nitrogen and oxygen atoms in total. The maximum atomic E-state index is 11.0. The van der Waals surface area contributed by atoms with Crippen molar-refractivity contribution in [2.45, 2.75) is 51.2 Å². The molecule has 1 atom stereocenters. The molecule has 7 heteroatoms. The van der Waals surface area contributed by atoms with E-state index in [2.05, 4.69) is 6.92 Å². The number of esters is 1. The van der Waals surface area contributed by atoms with Crippen LogP contribution in [-0.4, -0.2) is 70.1 Å². The zero-order valence-electron chi connectivity index (χ0n) is 12.1. The van der Waals surface area contributed by atoms with Gasteiger partial charge in [-0.25, -0.2) is 0 Å². The second-order valence-electron chi connectivity index (χ2n) is 4.35. The Morgan fingerprint density at radius 1 is 0.950 bits per heavy atom. The molecule has 0 saturated carbocycles. The van der Waals surface area contributed by atoms with E-state index in [4.69, 9.17) is 30.3 Å². The Morgan fingerprint density at radius 2 is 1.50 bits per heavy atom. The lowest BCUT2D eigenvalue weighted by Crippen LogP contribution is -2.21. The maximum Gasteiger partial charge on any atom is 0.305 e. The van der Waals surface area contributed by atoms with Gasteiger partial charge < -0.3 is 30.3 Å². The third-order valence-corrected chi connectivity index (χ3v) is 2.30. The molecule has 0 aromatic carbocycles. The van der Waals surface area contributed by atoms with Gasteiger partial charge in [0.05, 0.1) is 19.8 Å². The maximum absolute atomic E-state index is 11.0. The predicted molar refractivity (Wildman–Crippen MR) is 73.0 cm³/mol. The normalized spacial score (nSPS) is 11.8. The summed E-state index contributed by atoms with van der Waals surface area (Å²) in [7, 11) is 0. The van der Waals surface area contributed by atoms with E-state index in [-0.39, 0.29) is 32.4 Å². The fraction of sp³-hybridized carbons (Fsp3) is 0.923. The van der Waals surface area contributed by atoms with Crippen LogP contribution in [0.5, 0.6) is 0 Å². The highest BCUT2D eigenvalue weighted by Crippen LogP contribution is 2.03. The van der Waals surface area contributed by atoms with Gasteiger partial charge in [-0.1, -0.05) is 26.2 Å². The van der Waals surface area contributed by atoms with Gasteiger partial charge in [-0.15, -0.1) is 0 Å². The molecule has 0 aromatic rings. The number of hydrogen-bond donors (Lipinski definition) is 5. The van der Waals surface area contributed by atoms with Gasteiger partial charge in [0.2, 0.25) is 0 Å². The molecule has 0 aromatic heterocycles. The first kappa shape index (κ1) is 21.6. The van der Waals surface area contributed by atoms with E-state index in [1.54, 1.807) is 0 Å². The molecule has 0 radical (unpaired) electrons. The highest BCUT2D eigenvalue weighted by atomic mass is 16.5. The highest BCUT2D eigenvalue weighted by molar-refractivity contribution is 5.69. The minimum absolute atomic E-state index is 0.108. The van der Waals surface area contributed by atoms with Crippen molar-refractivity contribution in [2.75, 3.05) is 26.4 Å². The first-order chi connectivity index (χ1) is 9.51. The van der Waals surface area contributed by atoms with Crippen molar-refractivity contribution < 1.29 is 35.1 Å². The summed E-state index contributed by atoms with van der Waals surface area (Å²) in [5.74, 6) is -0.298. The van der Waals surface area contributed by atoms with Crippen LogP contribution in [0.3, 0.4) is 0 Å². The number of aliphatic hydroxyl groups is 5. The SMILES string of the molecule is CCCCCCC(=O)OCC(O)CO.OCC(O)CO. The second kappa shape index (κ2) is 16.3. The van der Waals surface area contributed by atoms with E-state index in [9.17, 15) is 4.79 Å². The largest absolute Gasteiger partial charge is 0.463 e. The molecule has 0 rings (SSSR count). The Hall–Kier alpha value is -0.730. The van der Waals surface area contributed by atoms with Crippen LogP contribution >= 0.6 is 0 Å². The molecule has 0 aliphatic rings. The number of unbranched alkanes of at least 4 members (excludes halogenated alkanes) is 3. The number of carbonyl (C=O) groups is 1. The van der Waals surface area contributed by atoms with Gasteiger partial charge in [-0.05, 0) is 6.42 Å². The number of aliphatic hydroxyl groups excluding tert-OH is 5. The number of ether oxygens (including phenoxy) is 1. The third kappa shape index (κ3) is 17.3. The Balaban J connectivity index is 0. The Labute approximate surface area is 119 Å². The molecule has 122 valence electrons. The van der Waals surface area contributed by atoms with Crippen LogP contribution in [0.4, 0.5) is 0 Å². The van der Waals surface area contributed by atoms with Gasteiger partial charge >= 0.3 is 5.97 Å². The molecule has 20 heavy (non-hydrogen) atoms. The van der Waals surface area contributed by atoms with Crippen LogP contribution in [0, 0.1) is 0 Å². The molecule has 0 heterocycles. The standard InChI is InChI=1S/C10H20O4.C3H8O3/c1-2-3-4-5-6-10(13)14-8-9(12)7-11;4-1-3(6)2-5/h9,11-12H,2-8H2,1H3;3-6H,1-2H2. The molecular weight excluding hydrogens is 268 g/mol. The van der Waals surface area contributed by atoms with E-state index >= 15 is 0 Å². The minimum atomic E-state index is -0.954. The summed E-state index contributed by atoms with van der Waals surface area (Å²) in [5.41, 5.74) is 0. The van der Waals surface area contributed by atoms with Crippen LogP contribution in [0.2, 0.25) is 0 Å². The average molecular weight is 296 g/mol. The molecule has 0 saturated heterocycles. The van der Waals surface area contributed by atoms with Gasteiger partial charge in [0.25, 0.3) is 0 Å². The van der Waals surface area contributed by atoms with Crippen LogP contribution in [-0.2, 0) is 9.53 Å². The highest BCUT2D eigenvalue weighted by Gasteiger charge is 2.06. The van der Waals surface area contributed by atoms with Crippen molar-refractivity contribution >= 4 is 5.97 Å². The van der Waals surface area contributed by atoms with Crippen molar-refractivity contribution in [1.29, 1.82) is 0 Å². The summed E-state index contributed by atoms with van der Waals surface area (Å²) in [6.45, 7) is 0.898. The lowest BCUT2D eigenvalue weighted by molar-refractivity contribution is -0.147. The Bertz CT molecular complexity index is 207. The van der Waals surface area contributed by atoms with Crippen LogP contribution in [0.25, 0.3) is 0 Å². The van der Waals surface area contributed by atoms with E-state index in [1.165, 1.54) is 0 Å².